The lowest BCUT2D eigenvalue weighted by atomic mass is 10.1. The number of hydrazine groups is 1. The summed E-state index contributed by atoms with van der Waals surface area (Å²) in [6, 6.07) is 8.96. The molecule has 0 aliphatic carbocycles. The minimum absolute atomic E-state index is 0.0402. The second kappa shape index (κ2) is 11.0. The van der Waals surface area contributed by atoms with Gasteiger partial charge in [-0.15, -0.1) is 0 Å². The van der Waals surface area contributed by atoms with Crippen LogP contribution in [0.4, 0.5) is 5.69 Å². The van der Waals surface area contributed by atoms with E-state index in [0.717, 1.165) is 21.2 Å². The summed E-state index contributed by atoms with van der Waals surface area (Å²) in [6.45, 7) is 5.29. The van der Waals surface area contributed by atoms with Crippen LogP contribution in [0.5, 0.6) is 5.75 Å². The molecule has 160 valence electrons. The lowest BCUT2D eigenvalue weighted by molar-refractivity contribution is -0.130. The molecule has 2 rings (SSSR count). The third-order valence-electron chi connectivity index (χ3n) is 4.23. The minimum atomic E-state index is -0.510. The van der Waals surface area contributed by atoms with E-state index < -0.39 is 11.8 Å². The predicted octanol–water partition coefficient (Wildman–Crippen LogP) is 3.97. The summed E-state index contributed by atoms with van der Waals surface area (Å²) in [7, 11) is 0. The van der Waals surface area contributed by atoms with Crippen LogP contribution in [-0.2, 0) is 14.4 Å². The molecule has 0 aliphatic heterocycles. The van der Waals surface area contributed by atoms with Gasteiger partial charge in [-0.05, 0) is 61.7 Å². The first kappa shape index (κ1) is 23.7. The van der Waals surface area contributed by atoms with Gasteiger partial charge in [-0.25, -0.2) is 0 Å². The van der Waals surface area contributed by atoms with E-state index in [1.165, 1.54) is 0 Å². The standard InChI is InChI=1S/C21H23BrClN3O4/c1-12-9-15(22)10-13(2)21(12)30-11-20(29)26-25-19(28)8-7-18(27)24-17-6-4-5-16(23)14(17)3/h4-6,9-10H,7-8,11H2,1-3H3,(H,24,27)(H,25,28)(H,26,29). The molecule has 0 atom stereocenters. The molecular weight excluding hydrogens is 474 g/mol. The van der Waals surface area contributed by atoms with Crippen molar-refractivity contribution in [2.24, 2.45) is 0 Å². The van der Waals surface area contributed by atoms with Gasteiger partial charge >= 0.3 is 0 Å². The van der Waals surface area contributed by atoms with E-state index in [4.69, 9.17) is 16.3 Å². The summed E-state index contributed by atoms with van der Waals surface area (Å²) < 4.78 is 6.47. The fraction of sp³-hybridized carbons (Fsp3) is 0.286. The van der Waals surface area contributed by atoms with Crippen LogP contribution in [0.3, 0.4) is 0 Å². The molecule has 0 bridgehead atoms. The van der Waals surface area contributed by atoms with Gasteiger partial charge < -0.3 is 10.1 Å². The zero-order valence-corrected chi connectivity index (χ0v) is 19.2. The first-order valence-corrected chi connectivity index (χ1v) is 10.4. The fourth-order valence-electron chi connectivity index (χ4n) is 2.68. The molecule has 0 aromatic heterocycles. The highest BCUT2D eigenvalue weighted by Gasteiger charge is 2.12. The van der Waals surface area contributed by atoms with Crippen LogP contribution in [0.15, 0.2) is 34.8 Å². The smallest absolute Gasteiger partial charge is 0.276 e. The molecule has 0 spiro atoms. The molecule has 30 heavy (non-hydrogen) atoms. The van der Waals surface area contributed by atoms with E-state index in [-0.39, 0.29) is 25.4 Å². The summed E-state index contributed by atoms with van der Waals surface area (Å²) in [5, 5.41) is 3.26. The topological polar surface area (TPSA) is 96.5 Å². The van der Waals surface area contributed by atoms with Gasteiger partial charge in [-0.1, -0.05) is 33.6 Å². The van der Waals surface area contributed by atoms with Crippen LogP contribution in [0, 0.1) is 20.8 Å². The Morgan fingerprint density at radius 3 is 2.23 bits per heavy atom. The Bertz CT molecular complexity index is 942. The first-order valence-electron chi connectivity index (χ1n) is 9.19. The zero-order chi connectivity index (χ0) is 22.3. The molecule has 3 amide bonds. The van der Waals surface area contributed by atoms with Gasteiger partial charge in [0.05, 0.1) is 0 Å². The van der Waals surface area contributed by atoms with Crippen LogP contribution in [0.1, 0.15) is 29.5 Å². The quantitative estimate of drug-likeness (QED) is 0.505. The van der Waals surface area contributed by atoms with E-state index in [1.54, 1.807) is 25.1 Å². The molecule has 0 saturated heterocycles. The minimum Gasteiger partial charge on any atom is -0.483 e. The van der Waals surface area contributed by atoms with Crippen molar-refractivity contribution in [2.75, 3.05) is 11.9 Å². The number of halogens is 2. The Morgan fingerprint density at radius 1 is 0.967 bits per heavy atom. The van der Waals surface area contributed by atoms with Crippen molar-refractivity contribution in [3.8, 4) is 5.75 Å². The third kappa shape index (κ3) is 7.03. The Hall–Kier alpha value is -2.58. The number of benzene rings is 2. The molecule has 0 radical (unpaired) electrons. The SMILES string of the molecule is Cc1cc(Br)cc(C)c1OCC(=O)NNC(=O)CCC(=O)Nc1cccc(Cl)c1C. The van der Waals surface area contributed by atoms with Crippen LogP contribution >= 0.6 is 27.5 Å². The van der Waals surface area contributed by atoms with Crippen molar-refractivity contribution in [3.63, 3.8) is 0 Å². The maximum atomic E-state index is 12.0. The lowest BCUT2D eigenvalue weighted by Crippen LogP contribution is -2.44. The van der Waals surface area contributed by atoms with Crippen molar-refractivity contribution in [1.29, 1.82) is 0 Å². The largest absolute Gasteiger partial charge is 0.483 e. The average molecular weight is 497 g/mol. The molecular formula is C21H23BrClN3O4. The molecule has 2 aromatic rings. The highest BCUT2D eigenvalue weighted by atomic mass is 79.9. The number of aryl methyl sites for hydroxylation is 2. The van der Waals surface area contributed by atoms with Crippen LogP contribution in [-0.4, -0.2) is 24.3 Å². The first-order chi connectivity index (χ1) is 14.2. The second-order valence-corrected chi connectivity index (χ2v) is 8.04. The average Bonchev–Trinajstić information content (AvgIpc) is 2.67. The number of hydrogen-bond donors (Lipinski definition) is 3. The van der Waals surface area contributed by atoms with Gasteiger partial charge in [0.1, 0.15) is 5.75 Å². The van der Waals surface area contributed by atoms with Gasteiger partial charge in [0.15, 0.2) is 6.61 Å². The molecule has 0 aliphatic rings. The summed E-state index contributed by atoms with van der Waals surface area (Å²) in [5.41, 5.74) is 7.66. The number of ether oxygens (including phenoxy) is 1. The van der Waals surface area contributed by atoms with E-state index >= 15 is 0 Å². The van der Waals surface area contributed by atoms with Gasteiger partial charge in [0.25, 0.3) is 5.91 Å². The Morgan fingerprint density at radius 2 is 1.57 bits per heavy atom. The van der Waals surface area contributed by atoms with Gasteiger partial charge in [-0.2, -0.15) is 0 Å². The Labute approximate surface area is 188 Å². The molecule has 0 unspecified atom stereocenters. The summed E-state index contributed by atoms with van der Waals surface area (Å²) in [5.74, 6) is -0.708. The summed E-state index contributed by atoms with van der Waals surface area (Å²) in [4.78, 5) is 35.8. The molecule has 0 fully saturated rings. The van der Waals surface area contributed by atoms with Crippen LogP contribution in [0.2, 0.25) is 5.02 Å². The monoisotopic (exact) mass is 495 g/mol. The van der Waals surface area contributed by atoms with E-state index in [0.29, 0.717) is 16.5 Å². The van der Waals surface area contributed by atoms with Crippen molar-refractivity contribution >= 4 is 50.9 Å². The van der Waals surface area contributed by atoms with Crippen molar-refractivity contribution in [1.82, 2.24) is 10.9 Å². The maximum Gasteiger partial charge on any atom is 0.276 e. The third-order valence-corrected chi connectivity index (χ3v) is 5.10. The fourth-order valence-corrected chi connectivity index (χ4v) is 3.54. The zero-order valence-electron chi connectivity index (χ0n) is 16.9. The van der Waals surface area contributed by atoms with Crippen molar-refractivity contribution in [3.05, 3.63) is 56.5 Å². The molecule has 0 saturated carbocycles. The van der Waals surface area contributed by atoms with Gasteiger partial charge in [0.2, 0.25) is 11.8 Å². The number of nitrogens with one attached hydrogen (secondary N) is 3. The molecule has 7 nitrogen and oxygen atoms in total. The lowest BCUT2D eigenvalue weighted by Gasteiger charge is -2.13. The number of rotatable bonds is 7. The highest BCUT2D eigenvalue weighted by Crippen LogP contribution is 2.27. The van der Waals surface area contributed by atoms with Crippen LogP contribution in [0.25, 0.3) is 0 Å². The summed E-state index contributed by atoms with van der Waals surface area (Å²) in [6.07, 6.45) is -0.126. The van der Waals surface area contributed by atoms with E-state index in [2.05, 4.69) is 32.1 Å². The molecule has 2 aromatic carbocycles. The van der Waals surface area contributed by atoms with Crippen LogP contribution < -0.4 is 20.9 Å². The molecule has 0 heterocycles. The van der Waals surface area contributed by atoms with Gasteiger partial charge in [0, 0.05) is 28.0 Å². The Balaban J connectivity index is 1.72. The number of carbonyl (C=O) groups excluding carboxylic acids is 3. The van der Waals surface area contributed by atoms with E-state index in [9.17, 15) is 14.4 Å². The van der Waals surface area contributed by atoms with Crippen molar-refractivity contribution < 1.29 is 19.1 Å². The second-order valence-electron chi connectivity index (χ2n) is 6.71. The number of hydrogen-bond acceptors (Lipinski definition) is 4. The van der Waals surface area contributed by atoms with Gasteiger partial charge in [-0.3, -0.25) is 25.2 Å². The Kier molecular flexibility index (Phi) is 8.68. The molecule has 9 heteroatoms. The summed E-state index contributed by atoms with van der Waals surface area (Å²) >= 11 is 9.42. The van der Waals surface area contributed by atoms with E-state index in [1.807, 2.05) is 26.0 Å². The number of carbonyl (C=O) groups is 3. The highest BCUT2D eigenvalue weighted by molar-refractivity contribution is 9.10. The molecule has 3 N–H and O–H groups in total. The predicted molar refractivity (Wildman–Crippen MR) is 119 cm³/mol. The number of anilines is 1. The number of amides is 3. The maximum absolute atomic E-state index is 12.0. The normalized spacial score (nSPS) is 10.3. The van der Waals surface area contributed by atoms with Crippen molar-refractivity contribution in [2.45, 2.75) is 33.6 Å².